The zero-order valence-corrected chi connectivity index (χ0v) is 22.8. The normalized spacial score (nSPS) is 14.2. The van der Waals surface area contributed by atoms with Gasteiger partial charge in [-0.1, -0.05) is 17.7 Å². The SMILES string of the molecule is Cc1cc(NC(=O)c2ccc(S(=O)(=O)N3CCCC3)cc2)n(-c2nc3c(cnn3-c3cccc(Cl)c3)c(=O)[nH]2)n1. The maximum atomic E-state index is 13.1. The number of nitrogens with zero attached hydrogens (tertiary/aromatic N) is 6. The van der Waals surface area contributed by atoms with Crippen molar-refractivity contribution in [2.45, 2.75) is 24.7 Å². The molecule has 0 aliphatic carbocycles. The van der Waals surface area contributed by atoms with Gasteiger partial charge in [-0.05, 0) is 62.2 Å². The van der Waals surface area contributed by atoms with Crippen LogP contribution in [-0.4, -0.2) is 61.2 Å². The summed E-state index contributed by atoms with van der Waals surface area (Å²) in [6.45, 7) is 2.72. The minimum Gasteiger partial charge on any atom is -0.306 e. The van der Waals surface area contributed by atoms with Crippen LogP contribution in [-0.2, 0) is 10.0 Å². The number of amides is 1. The van der Waals surface area contributed by atoms with Gasteiger partial charge in [-0.25, -0.2) is 13.1 Å². The van der Waals surface area contributed by atoms with Gasteiger partial charge in [0, 0.05) is 29.7 Å². The van der Waals surface area contributed by atoms with Crippen LogP contribution in [0.1, 0.15) is 28.9 Å². The number of aromatic nitrogens is 6. The molecule has 0 atom stereocenters. The fourth-order valence-electron chi connectivity index (χ4n) is 4.60. The third kappa shape index (κ3) is 4.68. The highest BCUT2D eigenvalue weighted by atomic mass is 35.5. The molecular formula is C26H23ClN8O4S. The number of hydrogen-bond acceptors (Lipinski definition) is 7. The molecule has 2 N–H and O–H groups in total. The van der Waals surface area contributed by atoms with Crippen molar-refractivity contribution in [3.8, 4) is 11.6 Å². The zero-order valence-electron chi connectivity index (χ0n) is 21.2. The van der Waals surface area contributed by atoms with E-state index in [9.17, 15) is 18.0 Å². The van der Waals surface area contributed by atoms with Gasteiger partial charge in [0.25, 0.3) is 11.5 Å². The Labute approximate surface area is 233 Å². The molecule has 204 valence electrons. The van der Waals surface area contributed by atoms with Crippen LogP contribution < -0.4 is 10.9 Å². The highest BCUT2D eigenvalue weighted by molar-refractivity contribution is 7.89. The Hall–Kier alpha value is -4.33. The van der Waals surface area contributed by atoms with E-state index < -0.39 is 21.5 Å². The molecule has 5 aromatic rings. The Morgan fingerprint density at radius 1 is 1.05 bits per heavy atom. The number of H-pyrrole nitrogens is 1. The second-order valence-corrected chi connectivity index (χ2v) is 11.7. The molecule has 12 nitrogen and oxygen atoms in total. The van der Waals surface area contributed by atoms with E-state index in [1.165, 1.54) is 44.1 Å². The third-order valence-corrected chi connectivity index (χ3v) is 8.72. The maximum absolute atomic E-state index is 13.1. The monoisotopic (exact) mass is 578 g/mol. The molecule has 0 bridgehead atoms. The van der Waals surface area contributed by atoms with Crippen LogP contribution in [0.4, 0.5) is 5.82 Å². The van der Waals surface area contributed by atoms with Crippen LogP contribution >= 0.6 is 11.6 Å². The smallest absolute Gasteiger partial charge is 0.263 e. The van der Waals surface area contributed by atoms with Gasteiger partial charge in [-0.3, -0.25) is 14.6 Å². The van der Waals surface area contributed by atoms with Gasteiger partial charge in [-0.2, -0.15) is 24.2 Å². The first-order valence-corrected chi connectivity index (χ1v) is 14.2. The Morgan fingerprint density at radius 3 is 2.52 bits per heavy atom. The van der Waals surface area contributed by atoms with Crippen LogP contribution in [0.5, 0.6) is 0 Å². The minimum absolute atomic E-state index is 0.0664. The molecule has 40 heavy (non-hydrogen) atoms. The number of benzene rings is 2. The summed E-state index contributed by atoms with van der Waals surface area (Å²) in [5.41, 5.74) is 1.27. The molecule has 0 radical (unpaired) electrons. The number of aryl methyl sites for hydroxylation is 1. The lowest BCUT2D eigenvalue weighted by molar-refractivity contribution is 0.102. The van der Waals surface area contributed by atoms with E-state index in [0.29, 0.717) is 29.5 Å². The molecule has 1 fully saturated rings. The molecule has 6 rings (SSSR count). The van der Waals surface area contributed by atoms with Crippen molar-refractivity contribution in [3.63, 3.8) is 0 Å². The molecule has 3 aromatic heterocycles. The van der Waals surface area contributed by atoms with Crippen LogP contribution in [0.2, 0.25) is 5.02 Å². The van der Waals surface area contributed by atoms with Crippen molar-refractivity contribution >= 4 is 44.4 Å². The number of rotatable bonds is 6. The number of carbonyl (C=O) groups is 1. The number of nitrogens with one attached hydrogen (secondary N) is 2. The van der Waals surface area contributed by atoms with Crippen LogP contribution in [0.25, 0.3) is 22.7 Å². The van der Waals surface area contributed by atoms with Gasteiger partial charge < -0.3 is 5.32 Å². The number of aromatic amines is 1. The fraction of sp³-hybridized carbons (Fsp3) is 0.192. The van der Waals surface area contributed by atoms with Crippen molar-refractivity contribution in [1.29, 1.82) is 0 Å². The quantitative estimate of drug-likeness (QED) is 0.314. The maximum Gasteiger partial charge on any atom is 0.263 e. The number of anilines is 1. The van der Waals surface area contributed by atoms with E-state index in [-0.39, 0.29) is 33.3 Å². The molecular weight excluding hydrogens is 556 g/mol. The summed E-state index contributed by atoms with van der Waals surface area (Å²) in [5, 5.41) is 12.2. The minimum atomic E-state index is -3.59. The number of sulfonamides is 1. The third-order valence-electron chi connectivity index (χ3n) is 6.57. The lowest BCUT2D eigenvalue weighted by atomic mass is 10.2. The first kappa shape index (κ1) is 25.9. The molecule has 4 heterocycles. The highest BCUT2D eigenvalue weighted by Crippen LogP contribution is 2.23. The van der Waals surface area contributed by atoms with Crippen molar-refractivity contribution in [2.24, 2.45) is 0 Å². The molecule has 0 unspecified atom stereocenters. The van der Waals surface area contributed by atoms with Crippen molar-refractivity contribution in [1.82, 2.24) is 33.8 Å². The van der Waals surface area contributed by atoms with Crippen molar-refractivity contribution in [2.75, 3.05) is 18.4 Å². The molecule has 0 saturated carbocycles. The Bertz CT molecular complexity index is 1920. The van der Waals surface area contributed by atoms with Gasteiger partial charge in [0.2, 0.25) is 16.0 Å². The van der Waals surface area contributed by atoms with Gasteiger partial charge >= 0.3 is 0 Å². The van der Waals surface area contributed by atoms with Crippen LogP contribution in [0.15, 0.2) is 70.5 Å². The largest absolute Gasteiger partial charge is 0.306 e. The van der Waals surface area contributed by atoms with Crippen molar-refractivity contribution < 1.29 is 13.2 Å². The average Bonchev–Trinajstić information content (AvgIpc) is 3.69. The Morgan fingerprint density at radius 2 is 1.80 bits per heavy atom. The van der Waals surface area contributed by atoms with Gasteiger partial charge in [-0.15, -0.1) is 0 Å². The fourth-order valence-corrected chi connectivity index (χ4v) is 6.30. The second-order valence-electron chi connectivity index (χ2n) is 9.34. The summed E-state index contributed by atoms with van der Waals surface area (Å²) in [7, 11) is -3.59. The molecule has 1 aliphatic heterocycles. The van der Waals surface area contributed by atoms with Crippen molar-refractivity contribution in [3.05, 3.63) is 87.4 Å². The van der Waals surface area contributed by atoms with E-state index in [4.69, 9.17) is 11.6 Å². The summed E-state index contributed by atoms with van der Waals surface area (Å²) in [6.07, 6.45) is 3.09. The van der Waals surface area contributed by atoms with Gasteiger partial charge in [0.05, 0.1) is 22.5 Å². The van der Waals surface area contributed by atoms with E-state index in [1.807, 2.05) is 0 Å². The summed E-state index contributed by atoms with van der Waals surface area (Å²) >= 11 is 6.14. The molecule has 1 amide bonds. The average molecular weight is 579 g/mol. The zero-order chi connectivity index (χ0) is 28.0. The predicted octanol–water partition coefficient (Wildman–Crippen LogP) is 3.29. The van der Waals surface area contributed by atoms with Crippen LogP contribution in [0, 0.1) is 6.92 Å². The lowest BCUT2D eigenvalue weighted by Gasteiger charge is -2.15. The van der Waals surface area contributed by atoms with Gasteiger partial charge in [0.15, 0.2) is 5.65 Å². The topological polar surface area (TPSA) is 148 Å². The predicted molar refractivity (Wildman–Crippen MR) is 149 cm³/mol. The molecule has 1 aliphatic rings. The standard InChI is InChI=1S/C26H23ClN8O4S/c1-16-13-22(29-24(36)17-7-9-20(10-8-17)40(38,39)33-11-2-3-12-33)35(32-16)26-30-23-21(25(37)31-26)15-28-34(23)19-6-4-5-18(27)14-19/h4-10,13-15H,2-3,11-12H2,1H3,(H,29,36)(H,30,31,37). The summed E-state index contributed by atoms with van der Waals surface area (Å²) in [6, 6.07) is 14.4. The number of fused-ring (bicyclic) bond motifs is 1. The molecule has 14 heteroatoms. The van der Waals surface area contributed by atoms with E-state index in [0.717, 1.165) is 12.8 Å². The molecule has 1 saturated heterocycles. The molecule has 0 spiro atoms. The van der Waals surface area contributed by atoms with E-state index >= 15 is 0 Å². The Kier molecular flexibility index (Phi) is 6.49. The number of hydrogen-bond donors (Lipinski definition) is 2. The Balaban J connectivity index is 1.31. The molecule has 2 aromatic carbocycles. The summed E-state index contributed by atoms with van der Waals surface area (Å²) < 4.78 is 29.9. The summed E-state index contributed by atoms with van der Waals surface area (Å²) in [5.74, 6) is -0.164. The number of carbonyl (C=O) groups excluding carboxylic acids is 1. The number of halogens is 1. The first-order chi connectivity index (χ1) is 19.2. The summed E-state index contributed by atoms with van der Waals surface area (Å²) in [4.78, 5) is 33.4. The first-order valence-electron chi connectivity index (χ1n) is 12.4. The second kappa shape index (κ2) is 10.0. The highest BCUT2D eigenvalue weighted by Gasteiger charge is 2.27. The van der Waals surface area contributed by atoms with Crippen LogP contribution in [0.3, 0.4) is 0 Å². The van der Waals surface area contributed by atoms with E-state index in [1.54, 1.807) is 37.3 Å². The lowest BCUT2D eigenvalue weighted by Crippen LogP contribution is -2.27. The van der Waals surface area contributed by atoms with E-state index in [2.05, 4.69) is 25.5 Å². The van der Waals surface area contributed by atoms with Gasteiger partial charge in [0.1, 0.15) is 11.2 Å².